The van der Waals surface area contributed by atoms with Crippen LogP contribution in [0.3, 0.4) is 0 Å². The Morgan fingerprint density at radius 2 is 2.12 bits per heavy atom. The van der Waals surface area contributed by atoms with E-state index in [2.05, 4.69) is 11.9 Å². The lowest BCUT2D eigenvalue weighted by atomic mass is 9.85. The van der Waals surface area contributed by atoms with E-state index in [0.717, 1.165) is 38.0 Å². The van der Waals surface area contributed by atoms with E-state index in [0.29, 0.717) is 24.4 Å². The number of carbonyl (C=O) groups is 2. The molecule has 0 aliphatic carbocycles. The molecule has 6 nitrogen and oxygen atoms in total. The van der Waals surface area contributed by atoms with Gasteiger partial charge in [0.2, 0.25) is 5.91 Å². The van der Waals surface area contributed by atoms with Crippen LogP contribution in [0, 0.1) is 12.3 Å². The van der Waals surface area contributed by atoms with Gasteiger partial charge in [-0.2, -0.15) is 0 Å². The van der Waals surface area contributed by atoms with Crippen molar-refractivity contribution in [3.05, 3.63) is 23.5 Å². The number of methoxy groups -OCH3 is 1. The van der Waals surface area contributed by atoms with E-state index in [1.165, 1.54) is 7.11 Å². The molecule has 1 atom stereocenters. The molecule has 0 radical (unpaired) electrons. The molecule has 24 heavy (non-hydrogen) atoms. The van der Waals surface area contributed by atoms with Gasteiger partial charge < -0.3 is 14.5 Å². The van der Waals surface area contributed by atoms with Crippen LogP contribution in [0.5, 0.6) is 5.75 Å². The Balaban J connectivity index is 1.78. The van der Waals surface area contributed by atoms with Crippen molar-refractivity contribution in [2.24, 2.45) is 5.41 Å². The number of pyridine rings is 1. The Morgan fingerprint density at radius 1 is 1.38 bits per heavy atom. The van der Waals surface area contributed by atoms with Crippen molar-refractivity contribution in [2.45, 2.75) is 33.1 Å². The number of aryl methyl sites for hydroxylation is 1. The third-order valence-electron chi connectivity index (χ3n) is 5.19. The second-order valence-corrected chi connectivity index (χ2v) is 6.83. The summed E-state index contributed by atoms with van der Waals surface area (Å²) in [5.41, 5.74) is 0.928. The third-order valence-corrected chi connectivity index (χ3v) is 5.19. The van der Waals surface area contributed by atoms with E-state index in [-0.39, 0.29) is 17.2 Å². The van der Waals surface area contributed by atoms with Gasteiger partial charge in [0.1, 0.15) is 5.75 Å². The molecule has 0 bridgehead atoms. The van der Waals surface area contributed by atoms with Crippen LogP contribution in [0.2, 0.25) is 0 Å². The van der Waals surface area contributed by atoms with Crippen molar-refractivity contribution in [1.82, 2.24) is 14.8 Å². The molecule has 3 rings (SSSR count). The van der Waals surface area contributed by atoms with Gasteiger partial charge in [-0.1, -0.05) is 6.92 Å². The summed E-state index contributed by atoms with van der Waals surface area (Å²) >= 11 is 0. The minimum Gasteiger partial charge on any atom is -0.494 e. The topological polar surface area (TPSA) is 62.7 Å². The molecule has 130 valence electrons. The van der Waals surface area contributed by atoms with Crippen LogP contribution in [-0.4, -0.2) is 59.9 Å². The van der Waals surface area contributed by atoms with Gasteiger partial charge in [0.25, 0.3) is 5.91 Å². The highest BCUT2D eigenvalue weighted by Gasteiger charge is 2.51. The summed E-state index contributed by atoms with van der Waals surface area (Å²) in [4.78, 5) is 33.6. The first-order valence-electron chi connectivity index (χ1n) is 8.60. The second-order valence-electron chi connectivity index (χ2n) is 6.83. The fourth-order valence-corrected chi connectivity index (χ4v) is 3.85. The Bertz CT molecular complexity index is 661. The average molecular weight is 331 g/mol. The molecule has 2 aliphatic rings. The van der Waals surface area contributed by atoms with Gasteiger partial charge in [0.05, 0.1) is 24.3 Å². The predicted octanol–water partition coefficient (Wildman–Crippen LogP) is 1.87. The zero-order valence-corrected chi connectivity index (χ0v) is 14.7. The first-order chi connectivity index (χ1) is 11.5. The van der Waals surface area contributed by atoms with Crippen molar-refractivity contribution in [3.8, 4) is 5.75 Å². The zero-order chi connectivity index (χ0) is 17.3. The van der Waals surface area contributed by atoms with Gasteiger partial charge in [-0.25, -0.2) is 0 Å². The highest BCUT2D eigenvalue weighted by molar-refractivity contribution is 5.98. The fraction of sp³-hybridized carbons (Fsp3) is 0.611. The van der Waals surface area contributed by atoms with Crippen LogP contribution in [0.4, 0.5) is 0 Å². The second kappa shape index (κ2) is 6.42. The van der Waals surface area contributed by atoms with Gasteiger partial charge in [-0.3, -0.25) is 14.6 Å². The number of aromatic nitrogens is 1. The van der Waals surface area contributed by atoms with Crippen molar-refractivity contribution in [3.63, 3.8) is 0 Å². The lowest BCUT2D eigenvalue weighted by molar-refractivity contribution is -0.135. The molecule has 3 heterocycles. The summed E-state index contributed by atoms with van der Waals surface area (Å²) in [6.45, 7) is 6.69. The first kappa shape index (κ1) is 16.7. The molecule has 2 saturated heterocycles. The summed E-state index contributed by atoms with van der Waals surface area (Å²) in [5, 5.41) is 0. The van der Waals surface area contributed by atoms with Crippen LogP contribution in [0.15, 0.2) is 12.3 Å². The number of ether oxygens (including phenoxy) is 1. The Hall–Kier alpha value is -2.11. The quantitative estimate of drug-likeness (QED) is 0.845. The van der Waals surface area contributed by atoms with E-state index >= 15 is 0 Å². The van der Waals surface area contributed by atoms with Gasteiger partial charge in [0, 0.05) is 31.9 Å². The van der Waals surface area contributed by atoms with Gasteiger partial charge in [-0.15, -0.1) is 0 Å². The summed E-state index contributed by atoms with van der Waals surface area (Å²) in [6, 6.07) is 1.76. The summed E-state index contributed by atoms with van der Waals surface area (Å²) in [7, 11) is 1.54. The molecule has 0 N–H and O–H groups in total. The third kappa shape index (κ3) is 2.74. The summed E-state index contributed by atoms with van der Waals surface area (Å²) in [6.07, 6.45) is 4.16. The van der Waals surface area contributed by atoms with Gasteiger partial charge in [-0.05, 0) is 32.3 Å². The number of hydrogen-bond donors (Lipinski definition) is 0. The zero-order valence-electron chi connectivity index (χ0n) is 14.7. The number of rotatable bonds is 4. The monoisotopic (exact) mass is 331 g/mol. The van der Waals surface area contributed by atoms with E-state index in [9.17, 15) is 9.59 Å². The lowest BCUT2D eigenvalue weighted by Gasteiger charge is -2.24. The largest absolute Gasteiger partial charge is 0.494 e. The molecule has 1 spiro atoms. The molecule has 1 aromatic heterocycles. The van der Waals surface area contributed by atoms with Gasteiger partial charge >= 0.3 is 0 Å². The van der Waals surface area contributed by atoms with Crippen LogP contribution in [0.1, 0.15) is 42.2 Å². The summed E-state index contributed by atoms with van der Waals surface area (Å²) in [5.74, 6) is 0.630. The number of amides is 2. The van der Waals surface area contributed by atoms with Crippen molar-refractivity contribution in [1.29, 1.82) is 0 Å². The van der Waals surface area contributed by atoms with Crippen molar-refractivity contribution in [2.75, 3.05) is 33.3 Å². The van der Waals surface area contributed by atoms with E-state index < -0.39 is 0 Å². The van der Waals surface area contributed by atoms with Crippen molar-refractivity contribution >= 4 is 11.8 Å². The normalized spacial score (nSPS) is 23.4. The minimum absolute atomic E-state index is 0.0732. The maximum absolute atomic E-state index is 12.9. The Labute approximate surface area is 142 Å². The smallest absolute Gasteiger partial charge is 0.257 e. The standard InChI is InChI=1S/C18H25N3O3/c1-4-7-20-8-5-18(17(20)23)6-9-21(12-18)16(22)14-10-13(2)19-11-15(14)24-3/h10-11H,4-9,12H2,1-3H3. The van der Waals surface area contributed by atoms with Crippen LogP contribution < -0.4 is 4.74 Å². The molecule has 2 aliphatic heterocycles. The number of hydrogen-bond acceptors (Lipinski definition) is 4. The minimum atomic E-state index is -0.375. The Kier molecular flexibility index (Phi) is 4.47. The van der Waals surface area contributed by atoms with Crippen LogP contribution >= 0.6 is 0 Å². The molecule has 0 saturated carbocycles. The molecule has 1 aromatic rings. The highest BCUT2D eigenvalue weighted by Crippen LogP contribution is 2.41. The SMILES string of the molecule is CCCN1CCC2(CCN(C(=O)c3cc(C)ncc3OC)C2)C1=O. The molecular weight excluding hydrogens is 306 g/mol. The van der Waals surface area contributed by atoms with Crippen LogP contribution in [0.25, 0.3) is 0 Å². The first-order valence-corrected chi connectivity index (χ1v) is 8.60. The fourth-order valence-electron chi connectivity index (χ4n) is 3.85. The molecule has 0 aromatic carbocycles. The van der Waals surface area contributed by atoms with Crippen LogP contribution in [-0.2, 0) is 4.79 Å². The van der Waals surface area contributed by atoms with E-state index in [1.54, 1.807) is 17.2 Å². The highest BCUT2D eigenvalue weighted by atomic mass is 16.5. The van der Waals surface area contributed by atoms with E-state index in [4.69, 9.17) is 4.74 Å². The number of nitrogens with zero attached hydrogens (tertiary/aromatic N) is 3. The van der Waals surface area contributed by atoms with Crippen molar-refractivity contribution < 1.29 is 14.3 Å². The maximum atomic E-state index is 12.9. The number of likely N-dealkylation sites (tertiary alicyclic amines) is 2. The predicted molar refractivity (Wildman–Crippen MR) is 90.0 cm³/mol. The molecule has 2 amide bonds. The summed E-state index contributed by atoms with van der Waals surface area (Å²) < 4.78 is 5.28. The molecule has 2 fully saturated rings. The average Bonchev–Trinajstić information content (AvgIpc) is 3.14. The molecule has 1 unspecified atom stereocenters. The molecule has 6 heteroatoms. The lowest BCUT2D eigenvalue weighted by Crippen LogP contribution is -2.38. The maximum Gasteiger partial charge on any atom is 0.257 e. The van der Waals surface area contributed by atoms with E-state index in [1.807, 2.05) is 11.8 Å². The van der Waals surface area contributed by atoms with Gasteiger partial charge in [0.15, 0.2) is 0 Å². The Morgan fingerprint density at radius 3 is 2.83 bits per heavy atom. The number of carbonyl (C=O) groups excluding carboxylic acids is 2. The molecular formula is C18H25N3O3.